The minimum Gasteiger partial charge on any atom is -0.356 e. The van der Waals surface area contributed by atoms with E-state index in [2.05, 4.69) is 31.1 Å². The van der Waals surface area contributed by atoms with Crippen LogP contribution >= 0.6 is 0 Å². The van der Waals surface area contributed by atoms with Gasteiger partial charge in [-0.25, -0.2) is 4.39 Å². The van der Waals surface area contributed by atoms with Gasteiger partial charge in [0.15, 0.2) is 11.5 Å². The summed E-state index contributed by atoms with van der Waals surface area (Å²) in [6.45, 7) is 4.67. The lowest BCUT2D eigenvalue weighted by atomic mass is 9.66. The fourth-order valence-corrected chi connectivity index (χ4v) is 5.32. The van der Waals surface area contributed by atoms with Crippen LogP contribution in [-0.2, 0) is 4.79 Å². The highest BCUT2D eigenvalue weighted by molar-refractivity contribution is 6.12. The molecular formula is C26H25FN2O3. The van der Waals surface area contributed by atoms with Gasteiger partial charge in [-0.05, 0) is 48.6 Å². The molecule has 2 aromatic carbocycles. The van der Waals surface area contributed by atoms with Gasteiger partial charge in [0.2, 0.25) is 11.7 Å². The van der Waals surface area contributed by atoms with Crippen LogP contribution in [0.5, 0.6) is 0 Å². The normalized spacial score (nSPS) is 24.5. The molecular weight excluding hydrogens is 407 g/mol. The first-order valence-electron chi connectivity index (χ1n) is 11.0. The van der Waals surface area contributed by atoms with E-state index in [1.54, 1.807) is 23.1 Å². The number of hydrogen-bond donors (Lipinski definition) is 0. The Labute approximate surface area is 186 Å². The number of β-lactam (4-membered cyclic amide) rings is 1. The van der Waals surface area contributed by atoms with Crippen molar-refractivity contribution in [2.45, 2.75) is 38.1 Å². The van der Waals surface area contributed by atoms with E-state index in [4.69, 9.17) is 4.52 Å². The van der Waals surface area contributed by atoms with E-state index in [0.29, 0.717) is 36.6 Å². The lowest BCUT2D eigenvalue weighted by Crippen LogP contribution is -2.71. The first kappa shape index (κ1) is 20.6. The number of rotatable bonds is 6. The van der Waals surface area contributed by atoms with Crippen molar-refractivity contribution in [1.29, 1.82) is 0 Å². The van der Waals surface area contributed by atoms with Gasteiger partial charge in [0, 0.05) is 24.1 Å². The van der Waals surface area contributed by atoms with E-state index in [-0.39, 0.29) is 35.0 Å². The number of amides is 1. The Bertz CT molecular complexity index is 1160. The van der Waals surface area contributed by atoms with Crippen molar-refractivity contribution < 1.29 is 18.5 Å². The minimum atomic E-state index is -0.890. The van der Waals surface area contributed by atoms with Crippen LogP contribution in [0.3, 0.4) is 0 Å². The van der Waals surface area contributed by atoms with Gasteiger partial charge < -0.3 is 9.42 Å². The Morgan fingerprint density at radius 1 is 1.19 bits per heavy atom. The molecule has 32 heavy (non-hydrogen) atoms. The molecule has 1 aromatic heterocycles. The largest absolute Gasteiger partial charge is 0.356 e. The third-order valence-corrected chi connectivity index (χ3v) is 6.83. The van der Waals surface area contributed by atoms with E-state index in [0.717, 1.165) is 5.56 Å². The molecule has 6 heteroatoms. The summed E-state index contributed by atoms with van der Waals surface area (Å²) in [7, 11) is 0. The Morgan fingerprint density at radius 3 is 2.59 bits per heavy atom. The number of halogens is 1. The first-order chi connectivity index (χ1) is 15.4. The van der Waals surface area contributed by atoms with Gasteiger partial charge in [-0.3, -0.25) is 9.59 Å². The molecule has 0 aliphatic carbocycles. The standard InChI is InChI=1S/C26H25FN2O3/c1-16(2)12-21-25(31)29-15-19(17-6-4-3-5-7-17)14-26(21,29)24(30)22-13-23(32-28-22)18-8-10-20(27)11-9-18/h3-11,13,16,19,21H,12,14-15H2,1-2H3/t19-,21-,26?/m1/s1. The molecule has 164 valence electrons. The van der Waals surface area contributed by atoms with Crippen LogP contribution in [0, 0.1) is 17.7 Å². The molecule has 2 aliphatic heterocycles. The van der Waals surface area contributed by atoms with Crippen molar-refractivity contribution in [3.05, 3.63) is 77.7 Å². The molecule has 1 amide bonds. The monoisotopic (exact) mass is 432 g/mol. The number of benzene rings is 2. The fourth-order valence-electron chi connectivity index (χ4n) is 5.32. The number of carbonyl (C=O) groups excluding carboxylic acids is 2. The summed E-state index contributed by atoms with van der Waals surface area (Å²) in [6.07, 6.45) is 1.24. The Kier molecular flexibility index (Phi) is 4.96. The summed E-state index contributed by atoms with van der Waals surface area (Å²) < 4.78 is 18.7. The average Bonchev–Trinajstić information content (AvgIpc) is 3.42. The van der Waals surface area contributed by atoms with E-state index < -0.39 is 5.54 Å². The van der Waals surface area contributed by atoms with Gasteiger partial charge in [0.1, 0.15) is 11.4 Å². The molecule has 3 heterocycles. The highest BCUT2D eigenvalue weighted by atomic mass is 19.1. The van der Waals surface area contributed by atoms with Crippen molar-refractivity contribution >= 4 is 11.7 Å². The Morgan fingerprint density at radius 2 is 1.91 bits per heavy atom. The molecule has 0 radical (unpaired) electrons. The van der Waals surface area contributed by atoms with Crippen LogP contribution in [0.15, 0.2) is 65.2 Å². The SMILES string of the molecule is CC(C)C[C@@H]1C(=O)N2C[C@H](c3ccccc3)CC12C(=O)c1cc(-c2ccc(F)cc2)on1. The minimum absolute atomic E-state index is 0.0488. The van der Waals surface area contributed by atoms with Crippen LogP contribution in [0.25, 0.3) is 11.3 Å². The zero-order chi connectivity index (χ0) is 22.5. The van der Waals surface area contributed by atoms with Crippen LogP contribution in [-0.4, -0.2) is 33.8 Å². The highest BCUT2D eigenvalue weighted by Crippen LogP contribution is 2.54. The molecule has 0 bridgehead atoms. The number of hydrogen-bond acceptors (Lipinski definition) is 4. The van der Waals surface area contributed by atoms with Crippen LogP contribution in [0.4, 0.5) is 4.39 Å². The van der Waals surface area contributed by atoms with Crippen molar-refractivity contribution in [3.63, 3.8) is 0 Å². The number of aromatic nitrogens is 1. The molecule has 2 aliphatic rings. The molecule has 2 fully saturated rings. The highest BCUT2D eigenvalue weighted by Gasteiger charge is 2.68. The van der Waals surface area contributed by atoms with Crippen LogP contribution in [0.2, 0.25) is 0 Å². The zero-order valence-corrected chi connectivity index (χ0v) is 18.1. The van der Waals surface area contributed by atoms with E-state index in [1.807, 2.05) is 18.2 Å². The van der Waals surface area contributed by atoms with Gasteiger partial charge in [-0.15, -0.1) is 0 Å². The number of Topliss-reactive ketones (excluding diaryl/α,β-unsaturated/α-hetero) is 1. The van der Waals surface area contributed by atoms with Gasteiger partial charge in [-0.2, -0.15) is 0 Å². The number of ketones is 1. The summed E-state index contributed by atoms with van der Waals surface area (Å²) in [6, 6.07) is 17.5. The molecule has 0 N–H and O–H groups in total. The fraction of sp³-hybridized carbons (Fsp3) is 0.346. The second kappa shape index (κ2) is 7.69. The Balaban J connectivity index is 1.50. The van der Waals surface area contributed by atoms with E-state index in [1.165, 1.54) is 12.1 Å². The molecule has 5 nitrogen and oxygen atoms in total. The number of carbonyl (C=O) groups is 2. The van der Waals surface area contributed by atoms with Crippen molar-refractivity contribution in [1.82, 2.24) is 10.1 Å². The van der Waals surface area contributed by atoms with Crippen molar-refractivity contribution in [2.24, 2.45) is 11.8 Å². The third-order valence-electron chi connectivity index (χ3n) is 6.83. The van der Waals surface area contributed by atoms with Gasteiger partial charge >= 0.3 is 0 Å². The molecule has 3 aromatic rings. The van der Waals surface area contributed by atoms with Crippen molar-refractivity contribution in [2.75, 3.05) is 6.54 Å². The van der Waals surface area contributed by atoms with Gasteiger partial charge in [0.25, 0.3) is 0 Å². The molecule has 3 atom stereocenters. The number of fused-ring (bicyclic) bond motifs is 1. The lowest BCUT2D eigenvalue weighted by Gasteiger charge is -2.52. The molecule has 0 spiro atoms. The van der Waals surface area contributed by atoms with E-state index in [9.17, 15) is 14.0 Å². The summed E-state index contributed by atoms with van der Waals surface area (Å²) >= 11 is 0. The molecule has 5 rings (SSSR count). The van der Waals surface area contributed by atoms with Crippen LogP contribution in [0.1, 0.15) is 48.7 Å². The average molecular weight is 432 g/mol. The number of nitrogens with zero attached hydrogens (tertiary/aromatic N) is 2. The zero-order valence-electron chi connectivity index (χ0n) is 18.1. The second-order valence-electron chi connectivity index (χ2n) is 9.28. The predicted molar refractivity (Wildman–Crippen MR) is 117 cm³/mol. The maximum Gasteiger partial charge on any atom is 0.229 e. The maximum absolute atomic E-state index is 13.9. The quantitative estimate of drug-likeness (QED) is 0.402. The molecule has 2 saturated heterocycles. The maximum atomic E-state index is 13.9. The molecule has 1 unspecified atom stereocenters. The molecule has 0 saturated carbocycles. The lowest BCUT2D eigenvalue weighted by molar-refractivity contribution is -0.161. The van der Waals surface area contributed by atoms with Crippen LogP contribution < -0.4 is 0 Å². The second-order valence-corrected chi connectivity index (χ2v) is 9.28. The summed E-state index contributed by atoms with van der Waals surface area (Å²) in [5.41, 5.74) is 1.10. The topological polar surface area (TPSA) is 63.4 Å². The predicted octanol–water partition coefficient (Wildman–Crippen LogP) is 5.09. The smallest absolute Gasteiger partial charge is 0.229 e. The van der Waals surface area contributed by atoms with Crippen molar-refractivity contribution in [3.8, 4) is 11.3 Å². The Hall–Kier alpha value is -3.28. The van der Waals surface area contributed by atoms with E-state index >= 15 is 0 Å². The third kappa shape index (κ3) is 3.17. The summed E-state index contributed by atoms with van der Waals surface area (Å²) in [4.78, 5) is 28.7. The van der Waals surface area contributed by atoms with Gasteiger partial charge in [0.05, 0.1) is 5.92 Å². The van der Waals surface area contributed by atoms with Gasteiger partial charge in [-0.1, -0.05) is 49.3 Å². The summed E-state index contributed by atoms with van der Waals surface area (Å²) in [5.74, 6) is -0.0226. The first-order valence-corrected chi connectivity index (χ1v) is 11.0. The summed E-state index contributed by atoms with van der Waals surface area (Å²) in [5, 5.41) is 4.05.